The van der Waals surface area contributed by atoms with E-state index in [2.05, 4.69) is 6.58 Å². The first-order valence-electron chi connectivity index (χ1n) is 8.70. The van der Waals surface area contributed by atoms with Gasteiger partial charge in [0.25, 0.3) is 0 Å². The molecule has 0 aliphatic heterocycles. The van der Waals surface area contributed by atoms with Crippen molar-refractivity contribution in [3.05, 3.63) is 78.6 Å². The molecule has 0 spiro atoms. The van der Waals surface area contributed by atoms with Crippen LogP contribution in [0, 0.1) is 5.82 Å². The van der Waals surface area contributed by atoms with E-state index >= 15 is 0 Å². The zero-order valence-electron chi connectivity index (χ0n) is 15.3. The second kappa shape index (κ2) is 8.25. The largest absolute Gasteiger partial charge is 0.491 e. The van der Waals surface area contributed by atoms with Crippen molar-refractivity contribution in [2.75, 3.05) is 13.2 Å². The fraction of sp³-hybridized carbons (Fsp3) is 0.182. The number of fused-ring (bicyclic) bond motifs is 1. The van der Waals surface area contributed by atoms with Gasteiger partial charge in [0, 0.05) is 0 Å². The first-order valence-corrected chi connectivity index (χ1v) is 8.70. The Balaban J connectivity index is 1.82. The number of ether oxygens (including phenoxy) is 3. The van der Waals surface area contributed by atoms with Crippen LogP contribution in [-0.2, 0) is 6.11 Å². The van der Waals surface area contributed by atoms with Crippen LogP contribution >= 0.6 is 0 Å². The van der Waals surface area contributed by atoms with Gasteiger partial charge in [-0.1, -0.05) is 18.7 Å². The van der Waals surface area contributed by atoms with Crippen LogP contribution < -0.4 is 14.2 Å². The van der Waals surface area contributed by atoms with Gasteiger partial charge in [0.2, 0.25) is 0 Å². The van der Waals surface area contributed by atoms with Crippen molar-refractivity contribution >= 4 is 10.8 Å². The molecule has 146 valence electrons. The van der Waals surface area contributed by atoms with E-state index in [1.165, 1.54) is 48.5 Å². The molecule has 0 saturated carbocycles. The topological polar surface area (TPSA) is 27.7 Å². The van der Waals surface area contributed by atoms with Gasteiger partial charge < -0.3 is 14.2 Å². The molecule has 0 aliphatic rings. The molecule has 3 nitrogen and oxygen atoms in total. The van der Waals surface area contributed by atoms with Crippen molar-refractivity contribution in [3.63, 3.8) is 0 Å². The molecular weight excluding hydrogens is 369 g/mol. The summed E-state index contributed by atoms with van der Waals surface area (Å²) < 4.78 is 58.4. The van der Waals surface area contributed by atoms with E-state index in [1.54, 1.807) is 19.1 Å². The minimum atomic E-state index is -3.56. The minimum absolute atomic E-state index is 0.0759. The first-order chi connectivity index (χ1) is 13.4. The van der Waals surface area contributed by atoms with Crippen molar-refractivity contribution in [2.24, 2.45) is 0 Å². The molecule has 0 N–H and O–H groups in total. The molecule has 0 amide bonds. The molecule has 0 aliphatic carbocycles. The van der Waals surface area contributed by atoms with Crippen LogP contribution in [0.1, 0.15) is 12.5 Å². The average Bonchev–Trinajstić information content (AvgIpc) is 2.67. The van der Waals surface area contributed by atoms with Gasteiger partial charge in [0.1, 0.15) is 18.1 Å². The summed E-state index contributed by atoms with van der Waals surface area (Å²) in [6, 6.07) is 12.4. The van der Waals surface area contributed by atoms with Crippen LogP contribution in [0.5, 0.6) is 17.2 Å². The van der Waals surface area contributed by atoms with Crippen molar-refractivity contribution in [2.45, 2.75) is 13.0 Å². The highest BCUT2D eigenvalue weighted by Gasteiger charge is 2.34. The van der Waals surface area contributed by atoms with Crippen LogP contribution in [0.2, 0.25) is 0 Å². The van der Waals surface area contributed by atoms with Crippen LogP contribution in [0.25, 0.3) is 10.8 Å². The molecule has 28 heavy (non-hydrogen) atoms. The maximum absolute atomic E-state index is 14.5. The van der Waals surface area contributed by atoms with E-state index < -0.39 is 11.9 Å². The average molecular weight is 388 g/mol. The monoisotopic (exact) mass is 388 g/mol. The fourth-order valence-electron chi connectivity index (χ4n) is 2.66. The van der Waals surface area contributed by atoms with Crippen LogP contribution in [0.15, 0.2) is 67.3 Å². The van der Waals surface area contributed by atoms with Gasteiger partial charge in [-0.05, 0) is 66.2 Å². The Kier molecular flexibility index (Phi) is 5.78. The van der Waals surface area contributed by atoms with Crippen LogP contribution in [0.4, 0.5) is 13.2 Å². The SMILES string of the molecule is C=CCOc1ccc(C(F)(F)Oc2ccc3cc(OCC)c(F)cc3c2)cc1. The molecule has 3 rings (SSSR count). The van der Waals surface area contributed by atoms with E-state index in [-0.39, 0.29) is 23.7 Å². The Morgan fingerprint density at radius 3 is 2.32 bits per heavy atom. The maximum atomic E-state index is 14.5. The quantitative estimate of drug-likeness (QED) is 0.438. The predicted octanol–water partition coefficient (Wildman–Crippen LogP) is 6.07. The Morgan fingerprint density at radius 1 is 0.929 bits per heavy atom. The lowest BCUT2D eigenvalue weighted by atomic mass is 10.1. The molecule has 0 fully saturated rings. The standard InChI is InChI=1S/C22H19F3O3/c1-3-11-27-18-9-6-17(7-10-18)22(24,25)28-19-8-5-15-14-21(26-4-2)20(23)13-16(15)12-19/h3,5-10,12-14H,1,4,11H2,2H3. The second-order valence-corrected chi connectivity index (χ2v) is 5.97. The Bertz CT molecular complexity index is 969. The van der Waals surface area contributed by atoms with Crippen LogP contribution in [-0.4, -0.2) is 13.2 Å². The van der Waals surface area contributed by atoms with E-state index in [1.807, 2.05) is 0 Å². The smallest absolute Gasteiger partial charge is 0.426 e. The molecule has 0 aromatic heterocycles. The highest BCUT2D eigenvalue weighted by atomic mass is 19.3. The molecule has 0 radical (unpaired) electrons. The molecule has 0 atom stereocenters. The van der Waals surface area contributed by atoms with E-state index in [0.717, 1.165) is 0 Å². The predicted molar refractivity (Wildman–Crippen MR) is 102 cm³/mol. The maximum Gasteiger partial charge on any atom is 0.426 e. The highest BCUT2D eigenvalue weighted by molar-refractivity contribution is 5.85. The summed E-state index contributed by atoms with van der Waals surface area (Å²) in [5.41, 5.74) is -0.323. The van der Waals surface area contributed by atoms with Gasteiger partial charge in [-0.15, -0.1) is 0 Å². The third-order valence-corrected chi connectivity index (χ3v) is 3.97. The van der Waals surface area contributed by atoms with Crippen LogP contribution in [0.3, 0.4) is 0 Å². The normalized spacial score (nSPS) is 11.3. The van der Waals surface area contributed by atoms with E-state index in [0.29, 0.717) is 23.1 Å². The van der Waals surface area contributed by atoms with Crippen molar-refractivity contribution in [1.82, 2.24) is 0 Å². The molecule has 3 aromatic carbocycles. The van der Waals surface area contributed by atoms with E-state index in [4.69, 9.17) is 14.2 Å². The van der Waals surface area contributed by atoms with Gasteiger partial charge in [-0.3, -0.25) is 0 Å². The number of benzene rings is 3. The van der Waals surface area contributed by atoms with Gasteiger partial charge in [-0.25, -0.2) is 4.39 Å². The number of hydrogen-bond acceptors (Lipinski definition) is 3. The summed E-state index contributed by atoms with van der Waals surface area (Å²) in [5.74, 6) is -0.0695. The Morgan fingerprint density at radius 2 is 1.64 bits per heavy atom. The summed E-state index contributed by atoms with van der Waals surface area (Å²) in [4.78, 5) is 0. The van der Waals surface area contributed by atoms with Crippen molar-refractivity contribution < 1.29 is 27.4 Å². The number of halogens is 3. The summed E-state index contributed by atoms with van der Waals surface area (Å²) in [6.45, 7) is 5.88. The van der Waals surface area contributed by atoms with E-state index in [9.17, 15) is 13.2 Å². The molecule has 0 unspecified atom stereocenters. The third kappa shape index (κ3) is 4.39. The van der Waals surface area contributed by atoms with Crippen molar-refractivity contribution in [1.29, 1.82) is 0 Å². The summed E-state index contributed by atoms with van der Waals surface area (Å²) in [5, 5.41) is 1.09. The lowest BCUT2D eigenvalue weighted by molar-refractivity contribution is -0.185. The lowest BCUT2D eigenvalue weighted by Gasteiger charge is -2.19. The molecular formula is C22H19F3O3. The highest BCUT2D eigenvalue weighted by Crippen LogP contribution is 2.34. The first kappa shape index (κ1) is 19.6. The molecule has 0 saturated heterocycles. The fourth-order valence-corrected chi connectivity index (χ4v) is 2.66. The molecule has 6 heteroatoms. The Labute approximate surface area is 161 Å². The van der Waals surface area contributed by atoms with Gasteiger partial charge in [-0.2, -0.15) is 8.78 Å². The number of hydrogen-bond donors (Lipinski definition) is 0. The Hall–Kier alpha value is -3.15. The molecule has 3 aromatic rings. The number of alkyl halides is 2. The second-order valence-electron chi connectivity index (χ2n) is 5.97. The van der Waals surface area contributed by atoms with Gasteiger partial charge in [0.05, 0.1) is 12.2 Å². The molecule has 0 heterocycles. The van der Waals surface area contributed by atoms with Crippen molar-refractivity contribution in [3.8, 4) is 17.2 Å². The number of rotatable bonds is 8. The zero-order chi connectivity index (χ0) is 20.1. The third-order valence-electron chi connectivity index (χ3n) is 3.97. The zero-order valence-corrected chi connectivity index (χ0v) is 15.3. The lowest BCUT2D eigenvalue weighted by Crippen LogP contribution is -2.21. The minimum Gasteiger partial charge on any atom is -0.491 e. The van der Waals surface area contributed by atoms with Gasteiger partial charge >= 0.3 is 6.11 Å². The summed E-state index contributed by atoms with van der Waals surface area (Å²) >= 11 is 0. The summed E-state index contributed by atoms with van der Waals surface area (Å²) in [6.07, 6.45) is -2.00. The summed E-state index contributed by atoms with van der Waals surface area (Å²) in [7, 11) is 0. The van der Waals surface area contributed by atoms with Gasteiger partial charge in [0.15, 0.2) is 11.6 Å². The molecule has 0 bridgehead atoms.